The summed E-state index contributed by atoms with van der Waals surface area (Å²) in [5.41, 5.74) is -0.717. The third-order valence-electron chi connectivity index (χ3n) is 1.77. The number of nitrogens with one attached hydrogen (secondary N) is 1. The molecule has 6 nitrogen and oxygen atoms in total. The Hall–Kier alpha value is -1.50. The highest BCUT2D eigenvalue weighted by Crippen LogP contribution is 2.07. The molecule has 0 saturated heterocycles. The van der Waals surface area contributed by atoms with Gasteiger partial charge >= 0.3 is 11.1 Å². The lowest BCUT2D eigenvalue weighted by atomic mass is 10.6. The first-order valence-corrected chi connectivity index (χ1v) is 4.50. The van der Waals surface area contributed by atoms with Gasteiger partial charge in [-0.25, -0.2) is 9.97 Å². The van der Waals surface area contributed by atoms with Crippen LogP contribution < -0.4 is 11.1 Å². The van der Waals surface area contributed by atoms with Crippen LogP contribution in [0.1, 0.15) is 0 Å². The van der Waals surface area contributed by atoms with E-state index >= 15 is 0 Å². The Morgan fingerprint density at radius 2 is 2.21 bits per heavy atom. The van der Waals surface area contributed by atoms with E-state index in [-0.39, 0.29) is 0 Å². The number of aromatic amines is 1. The summed E-state index contributed by atoms with van der Waals surface area (Å²) in [7, 11) is 1.47. The molecular formula is C7H5BrN4O2. The molecule has 0 radical (unpaired) electrons. The molecule has 0 bridgehead atoms. The van der Waals surface area contributed by atoms with Crippen LogP contribution in [0.25, 0.3) is 11.3 Å². The van der Waals surface area contributed by atoms with Gasteiger partial charge in [-0.3, -0.25) is 19.1 Å². The van der Waals surface area contributed by atoms with Crippen molar-refractivity contribution in [1.82, 2.24) is 19.5 Å². The molecule has 2 heterocycles. The summed E-state index contributed by atoms with van der Waals surface area (Å²) in [6, 6.07) is 0. The Morgan fingerprint density at radius 1 is 1.50 bits per heavy atom. The van der Waals surface area contributed by atoms with Gasteiger partial charge in [-0.2, -0.15) is 0 Å². The fourth-order valence-electron chi connectivity index (χ4n) is 1.09. The standard InChI is InChI=1S/C7H5BrN4O2/c1-12-5-4(9-2-3(8)10-5)11-6(13)7(12)14/h2H,1H3,(H,9,11,13). The predicted molar refractivity (Wildman–Crippen MR) is 53.1 cm³/mol. The second-order valence-corrected chi connectivity index (χ2v) is 3.50. The van der Waals surface area contributed by atoms with Gasteiger partial charge in [0.15, 0.2) is 11.3 Å². The fourth-order valence-corrected chi connectivity index (χ4v) is 1.36. The van der Waals surface area contributed by atoms with Gasteiger partial charge in [0.05, 0.1) is 6.20 Å². The number of hydrogen-bond acceptors (Lipinski definition) is 4. The largest absolute Gasteiger partial charge is 0.317 e. The number of aromatic nitrogens is 4. The molecule has 0 atom stereocenters. The van der Waals surface area contributed by atoms with Crippen molar-refractivity contribution in [2.75, 3.05) is 0 Å². The number of halogens is 1. The van der Waals surface area contributed by atoms with Gasteiger partial charge in [0.1, 0.15) is 4.60 Å². The monoisotopic (exact) mass is 256 g/mol. The Balaban J connectivity index is 3.07. The quantitative estimate of drug-likeness (QED) is 0.661. The molecule has 0 aliphatic rings. The molecule has 2 aromatic rings. The SMILES string of the molecule is Cn1c(=O)c(=O)[nH]c2ncc(Br)nc21. The van der Waals surface area contributed by atoms with E-state index in [0.29, 0.717) is 15.9 Å². The molecule has 0 aliphatic heterocycles. The zero-order valence-corrected chi connectivity index (χ0v) is 8.70. The summed E-state index contributed by atoms with van der Waals surface area (Å²) in [6.07, 6.45) is 1.45. The fraction of sp³-hybridized carbons (Fsp3) is 0.143. The van der Waals surface area contributed by atoms with E-state index in [9.17, 15) is 9.59 Å². The third kappa shape index (κ3) is 1.25. The van der Waals surface area contributed by atoms with Crippen molar-refractivity contribution in [3.05, 3.63) is 31.5 Å². The van der Waals surface area contributed by atoms with Crippen molar-refractivity contribution in [3.63, 3.8) is 0 Å². The van der Waals surface area contributed by atoms with E-state index in [1.807, 2.05) is 0 Å². The third-order valence-corrected chi connectivity index (χ3v) is 2.16. The average Bonchev–Trinajstić information content (AvgIpc) is 2.16. The molecule has 0 aromatic carbocycles. The first-order chi connectivity index (χ1) is 6.59. The maximum Gasteiger partial charge on any atom is 0.317 e. The summed E-state index contributed by atoms with van der Waals surface area (Å²) in [5, 5.41) is 0. The molecule has 0 spiro atoms. The van der Waals surface area contributed by atoms with Gasteiger partial charge in [-0.05, 0) is 15.9 Å². The number of nitrogens with zero attached hydrogens (tertiary/aromatic N) is 3. The van der Waals surface area contributed by atoms with Crippen molar-refractivity contribution in [1.29, 1.82) is 0 Å². The van der Waals surface area contributed by atoms with Gasteiger partial charge in [0, 0.05) is 7.05 Å². The van der Waals surface area contributed by atoms with Crippen molar-refractivity contribution in [2.45, 2.75) is 0 Å². The van der Waals surface area contributed by atoms with Crippen molar-refractivity contribution in [2.24, 2.45) is 7.05 Å². The van der Waals surface area contributed by atoms with Gasteiger partial charge in [0.25, 0.3) is 0 Å². The normalized spacial score (nSPS) is 10.7. The molecule has 0 amide bonds. The van der Waals surface area contributed by atoms with Gasteiger partial charge in [-0.1, -0.05) is 0 Å². The van der Waals surface area contributed by atoms with Crippen molar-refractivity contribution >= 4 is 27.2 Å². The van der Waals surface area contributed by atoms with E-state index in [2.05, 4.69) is 30.9 Å². The summed E-state index contributed by atoms with van der Waals surface area (Å²) < 4.78 is 1.67. The van der Waals surface area contributed by atoms with Crippen LogP contribution in [0.2, 0.25) is 0 Å². The van der Waals surface area contributed by atoms with Crippen LogP contribution in [0.15, 0.2) is 20.4 Å². The number of hydrogen-bond donors (Lipinski definition) is 1. The molecule has 72 valence electrons. The molecule has 14 heavy (non-hydrogen) atoms. The zero-order chi connectivity index (χ0) is 10.3. The first-order valence-electron chi connectivity index (χ1n) is 3.71. The maximum atomic E-state index is 11.2. The second kappa shape index (κ2) is 3.02. The van der Waals surface area contributed by atoms with Crippen LogP contribution in [-0.4, -0.2) is 19.5 Å². The highest BCUT2D eigenvalue weighted by atomic mass is 79.9. The van der Waals surface area contributed by atoms with Crippen LogP contribution in [0.5, 0.6) is 0 Å². The molecule has 0 unspecified atom stereocenters. The summed E-state index contributed by atoms with van der Waals surface area (Å²) in [5.74, 6) is 0. The number of H-pyrrole nitrogens is 1. The zero-order valence-electron chi connectivity index (χ0n) is 7.11. The van der Waals surface area contributed by atoms with Crippen LogP contribution >= 0.6 is 15.9 Å². The highest BCUT2D eigenvalue weighted by molar-refractivity contribution is 9.10. The molecule has 1 N–H and O–H groups in total. The van der Waals surface area contributed by atoms with Crippen LogP contribution in [0, 0.1) is 0 Å². The van der Waals surface area contributed by atoms with Crippen LogP contribution in [-0.2, 0) is 7.05 Å². The van der Waals surface area contributed by atoms with E-state index < -0.39 is 11.1 Å². The molecule has 0 fully saturated rings. The van der Waals surface area contributed by atoms with Gasteiger partial charge in [-0.15, -0.1) is 0 Å². The van der Waals surface area contributed by atoms with E-state index in [1.165, 1.54) is 13.2 Å². The van der Waals surface area contributed by atoms with Crippen molar-refractivity contribution < 1.29 is 0 Å². The maximum absolute atomic E-state index is 11.2. The molecule has 7 heteroatoms. The Labute approximate surface area is 85.8 Å². The number of rotatable bonds is 0. The minimum Gasteiger partial charge on any atom is -0.299 e. The van der Waals surface area contributed by atoms with E-state index in [4.69, 9.17) is 0 Å². The molecule has 0 saturated carbocycles. The average molecular weight is 257 g/mol. The summed E-state index contributed by atoms with van der Waals surface area (Å²) >= 11 is 3.13. The van der Waals surface area contributed by atoms with Crippen LogP contribution in [0.4, 0.5) is 0 Å². The second-order valence-electron chi connectivity index (χ2n) is 2.68. The van der Waals surface area contributed by atoms with Gasteiger partial charge in [0.2, 0.25) is 0 Å². The topological polar surface area (TPSA) is 80.6 Å². The first kappa shape index (κ1) is 9.07. The predicted octanol–water partition coefficient (Wildman–Crippen LogP) is -0.221. The highest BCUT2D eigenvalue weighted by Gasteiger charge is 2.06. The minimum atomic E-state index is -0.698. The molecular weight excluding hydrogens is 252 g/mol. The number of fused-ring (bicyclic) bond motifs is 1. The van der Waals surface area contributed by atoms with Crippen molar-refractivity contribution in [3.8, 4) is 0 Å². The molecule has 2 rings (SSSR count). The minimum absolute atomic E-state index is 0.292. The molecule has 0 aliphatic carbocycles. The molecule has 2 aromatic heterocycles. The summed E-state index contributed by atoms with van der Waals surface area (Å²) in [6.45, 7) is 0. The van der Waals surface area contributed by atoms with E-state index in [1.54, 1.807) is 0 Å². The lowest BCUT2D eigenvalue weighted by Crippen LogP contribution is -2.35. The number of aryl methyl sites for hydroxylation is 1. The lowest BCUT2D eigenvalue weighted by molar-refractivity contribution is 0.847. The smallest absolute Gasteiger partial charge is 0.299 e. The Morgan fingerprint density at radius 3 is 2.93 bits per heavy atom. The Bertz CT molecular complexity index is 615. The van der Waals surface area contributed by atoms with Crippen LogP contribution in [0.3, 0.4) is 0 Å². The lowest BCUT2D eigenvalue weighted by Gasteiger charge is -2.01. The summed E-state index contributed by atoms with van der Waals surface area (Å²) in [4.78, 5) is 32.6. The van der Waals surface area contributed by atoms with Gasteiger partial charge < -0.3 is 0 Å². The van der Waals surface area contributed by atoms with E-state index in [0.717, 1.165) is 4.57 Å². The Kier molecular flexibility index (Phi) is 1.95.